The smallest absolute Gasteiger partial charge is 0.303 e. The number of ether oxygens (including phenoxy) is 5. The van der Waals surface area contributed by atoms with Crippen LogP contribution in [0.1, 0.15) is 47.5 Å². The van der Waals surface area contributed by atoms with Crippen molar-refractivity contribution >= 4 is 46.5 Å². The maximum absolute atomic E-state index is 11.8. The molecule has 0 aromatic carbocycles. The minimum absolute atomic E-state index is 0.0334. The molecule has 12 heteroatoms. The summed E-state index contributed by atoms with van der Waals surface area (Å²) >= 11 is 1.37. The fourth-order valence-electron chi connectivity index (χ4n) is 3.59. The Labute approximate surface area is 195 Å². The minimum atomic E-state index is -1.18. The van der Waals surface area contributed by atoms with E-state index in [-0.39, 0.29) is 17.6 Å². The van der Waals surface area contributed by atoms with E-state index in [0.717, 1.165) is 5.04 Å². The summed E-state index contributed by atoms with van der Waals surface area (Å²) in [6, 6.07) is 0. The zero-order valence-corrected chi connectivity index (χ0v) is 20.0. The predicted molar refractivity (Wildman–Crippen MR) is 116 cm³/mol. The molecule has 0 aromatic heterocycles. The first-order valence-corrected chi connectivity index (χ1v) is 11.4. The van der Waals surface area contributed by atoms with Crippen LogP contribution in [0.4, 0.5) is 0 Å². The summed E-state index contributed by atoms with van der Waals surface area (Å²) in [5, 5.41) is 0.526. The molecule has 1 fully saturated rings. The average Bonchev–Trinajstić information content (AvgIpc) is 3.17. The van der Waals surface area contributed by atoms with Gasteiger partial charge in [-0.3, -0.25) is 29.0 Å². The monoisotopic (exact) mass is 487 g/mol. The van der Waals surface area contributed by atoms with Crippen molar-refractivity contribution in [2.24, 2.45) is 4.99 Å². The number of aliphatic imine (C=N–C) groups is 1. The SMILES string of the molecule is CC(=O)OC[C@H]1O[C@H](CCC2=NCC(C(C)=O)S2)[C@@H](OC(C)=O)[C@@H](OC(C)=O)[C@@H]1OC(C)=O. The van der Waals surface area contributed by atoms with Crippen LogP contribution in [0.2, 0.25) is 0 Å². The lowest BCUT2D eigenvalue weighted by Crippen LogP contribution is -2.62. The first kappa shape index (κ1) is 26.8. The Kier molecular flexibility index (Phi) is 9.84. The van der Waals surface area contributed by atoms with E-state index < -0.39 is 54.4 Å². The van der Waals surface area contributed by atoms with E-state index in [1.807, 2.05) is 0 Å². The second-order valence-electron chi connectivity index (χ2n) is 7.73. The van der Waals surface area contributed by atoms with Gasteiger partial charge in [0.15, 0.2) is 18.3 Å². The highest BCUT2D eigenvalue weighted by Crippen LogP contribution is 2.33. The molecule has 0 amide bonds. The van der Waals surface area contributed by atoms with Crippen LogP contribution in [0.25, 0.3) is 0 Å². The largest absolute Gasteiger partial charge is 0.463 e. The summed E-state index contributed by atoms with van der Waals surface area (Å²) in [7, 11) is 0. The van der Waals surface area contributed by atoms with E-state index in [2.05, 4.69) is 4.99 Å². The van der Waals surface area contributed by atoms with Crippen molar-refractivity contribution in [3.8, 4) is 0 Å². The highest BCUT2D eigenvalue weighted by molar-refractivity contribution is 8.15. The normalized spacial score (nSPS) is 28.9. The quantitative estimate of drug-likeness (QED) is 0.339. The summed E-state index contributed by atoms with van der Waals surface area (Å²) in [5.41, 5.74) is 0. The standard InChI is InChI=1S/C21H29NO10S/c1-10(23)17-8-22-18(33-17)7-6-15-19(29-12(3)25)21(31-14(5)27)20(30-13(4)26)16(32-15)9-28-11(2)24/h15-17,19-21H,6-9H2,1-5H3/t15-,16-,17?,19-,20-,21-/m1/s1. The van der Waals surface area contributed by atoms with Gasteiger partial charge in [0.25, 0.3) is 0 Å². The third kappa shape index (κ3) is 8.11. The molecular formula is C21H29NO10S. The van der Waals surface area contributed by atoms with E-state index in [4.69, 9.17) is 23.7 Å². The Morgan fingerprint density at radius 3 is 1.88 bits per heavy atom. The number of esters is 4. The number of hydrogen-bond acceptors (Lipinski definition) is 12. The van der Waals surface area contributed by atoms with Crippen LogP contribution in [0, 0.1) is 0 Å². The Morgan fingerprint density at radius 1 is 0.848 bits per heavy atom. The van der Waals surface area contributed by atoms with Crippen molar-refractivity contribution < 1.29 is 47.7 Å². The third-order valence-corrected chi connectivity index (χ3v) is 6.27. The fourth-order valence-corrected chi connectivity index (χ4v) is 4.62. The van der Waals surface area contributed by atoms with Crippen LogP contribution in [-0.2, 0) is 47.7 Å². The van der Waals surface area contributed by atoms with Crippen molar-refractivity contribution in [1.82, 2.24) is 0 Å². The molecule has 2 aliphatic rings. The number of carbonyl (C=O) groups excluding carboxylic acids is 5. The summed E-state index contributed by atoms with van der Waals surface area (Å²) in [4.78, 5) is 62.8. The number of Topliss-reactive ketones (excluding diaryl/α,β-unsaturated/α-hetero) is 1. The molecule has 1 unspecified atom stereocenters. The second-order valence-corrected chi connectivity index (χ2v) is 9.00. The van der Waals surface area contributed by atoms with Gasteiger partial charge in [-0.05, 0) is 19.8 Å². The second kappa shape index (κ2) is 12.1. The van der Waals surface area contributed by atoms with Crippen LogP contribution >= 0.6 is 11.8 Å². The highest BCUT2D eigenvalue weighted by Gasteiger charge is 2.51. The van der Waals surface area contributed by atoms with Crippen LogP contribution in [0.3, 0.4) is 0 Å². The van der Waals surface area contributed by atoms with Gasteiger partial charge >= 0.3 is 23.9 Å². The van der Waals surface area contributed by atoms with Gasteiger partial charge in [-0.1, -0.05) is 11.8 Å². The topological polar surface area (TPSA) is 144 Å². The van der Waals surface area contributed by atoms with E-state index in [0.29, 0.717) is 19.4 Å². The van der Waals surface area contributed by atoms with Crippen LogP contribution in [0.5, 0.6) is 0 Å². The van der Waals surface area contributed by atoms with Gasteiger partial charge in [-0.2, -0.15) is 0 Å². The van der Waals surface area contributed by atoms with E-state index >= 15 is 0 Å². The van der Waals surface area contributed by atoms with Gasteiger partial charge < -0.3 is 23.7 Å². The molecule has 0 bridgehead atoms. The summed E-state index contributed by atoms with van der Waals surface area (Å²) in [6.45, 7) is 6.39. The van der Waals surface area contributed by atoms with Crippen molar-refractivity contribution in [3.63, 3.8) is 0 Å². The molecule has 0 aromatic rings. The number of ketones is 1. The van der Waals surface area contributed by atoms with Gasteiger partial charge in [-0.15, -0.1) is 0 Å². The number of nitrogens with zero attached hydrogens (tertiary/aromatic N) is 1. The van der Waals surface area contributed by atoms with Crippen LogP contribution in [0.15, 0.2) is 4.99 Å². The van der Waals surface area contributed by atoms with E-state index in [1.165, 1.54) is 46.4 Å². The third-order valence-electron chi connectivity index (χ3n) is 4.89. The van der Waals surface area contributed by atoms with Gasteiger partial charge in [0.1, 0.15) is 18.5 Å². The molecule has 0 N–H and O–H groups in total. The molecule has 2 heterocycles. The van der Waals surface area contributed by atoms with Gasteiger partial charge in [0, 0.05) is 27.7 Å². The lowest BCUT2D eigenvalue weighted by molar-refractivity contribution is -0.253. The average molecular weight is 488 g/mol. The Bertz CT molecular complexity index is 813. The minimum Gasteiger partial charge on any atom is -0.463 e. The molecule has 184 valence electrons. The maximum atomic E-state index is 11.8. The molecule has 11 nitrogen and oxygen atoms in total. The Hall–Kier alpha value is -2.47. The van der Waals surface area contributed by atoms with Crippen LogP contribution < -0.4 is 0 Å². The van der Waals surface area contributed by atoms with E-state index in [1.54, 1.807) is 0 Å². The van der Waals surface area contributed by atoms with Gasteiger partial charge in [-0.25, -0.2) is 0 Å². The first-order chi connectivity index (χ1) is 15.5. The molecule has 6 atom stereocenters. The molecule has 2 rings (SSSR count). The van der Waals surface area contributed by atoms with Crippen molar-refractivity contribution in [2.45, 2.75) is 83.2 Å². The zero-order valence-electron chi connectivity index (χ0n) is 19.2. The van der Waals surface area contributed by atoms with Crippen LogP contribution in [-0.4, -0.2) is 83.6 Å². The number of thioether (sulfide) groups is 1. The summed E-state index contributed by atoms with van der Waals surface area (Å²) in [5.74, 6) is -2.54. The molecule has 0 saturated carbocycles. The van der Waals surface area contributed by atoms with Gasteiger partial charge in [0.05, 0.1) is 22.9 Å². The molecule has 0 aliphatic carbocycles. The van der Waals surface area contributed by atoms with Gasteiger partial charge in [0.2, 0.25) is 0 Å². The maximum Gasteiger partial charge on any atom is 0.303 e. The van der Waals surface area contributed by atoms with Crippen molar-refractivity contribution in [1.29, 1.82) is 0 Å². The van der Waals surface area contributed by atoms with E-state index in [9.17, 15) is 24.0 Å². The number of rotatable bonds is 9. The summed E-state index contributed by atoms with van der Waals surface area (Å²) < 4.78 is 27.3. The molecule has 0 radical (unpaired) electrons. The fraction of sp³-hybridized carbons (Fsp3) is 0.714. The van der Waals surface area contributed by atoms with Crippen molar-refractivity contribution in [2.75, 3.05) is 13.2 Å². The highest BCUT2D eigenvalue weighted by atomic mass is 32.2. The molecule has 2 aliphatic heterocycles. The lowest BCUT2D eigenvalue weighted by atomic mass is 9.92. The zero-order chi connectivity index (χ0) is 24.7. The molecule has 1 saturated heterocycles. The molecular weight excluding hydrogens is 458 g/mol. The lowest BCUT2D eigenvalue weighted by Gasteiger charge is -2.44. The Morgan fingerprint density at radius 2 is 1.39 bits per heavy atom. The predicted octanol–water partition coefficient (Wildman–Crippen LogP) is 0.995. The Balaban J connectivity index is 2.28. The van der Waals surface area contributed by atoms with Crippen molar-refractivity contribution in [3.05, 3.63) is 0 Å². The number of hydrogen-bond donors (Lipinski definition) is 0. The first-order valence-electron chi connectivity index (χ1n) is 10.5. The summed E-state index contributed by atoms with van der Waals surface area (Å²) in [6.07, 6.45) is -4.48. The molecule has 0 spiro atoms. The number of carbonyl (C=O) groups is 5. The molecule has 33 heavy (non-hydrogen) atoms.